The van der Waals surface area contributed by atoms with Crippen LogP contribution in [0.3, 0.4) is 0 Å². The van der Waals surface area contributed by atoms with Crippen LogP contribution >= 0.6 is 24.8 Å². The summed E-state index contributed by atoms with van der Waals surface area (Å²) in [5.74, 6) is 0.664. The number of morpholine rings is 1. The summed E-state index contributed by atoms with van der Waals surface area (Å²) in [6.45, 7) is 6.99. The fourth-order valence-corrected chi connectivity index (χ4v) is 4.08. The van der Waals surface area contributed by atoms with Gasteiger partial charge in [0.15, 0.2) is 0 Å². The quantitative estimate of drug-likeness (QED) is 0.652. The second-order valence-corrected chi connectivity index (χ2v) is 8.11. The second kappa shape index (κ2) is 13.0. The maximum Gasteiger partial charge on any atom is 0.255 e. The molecule has 2 N–H and O–H groups in total. The van der Waals surface area contributed by atoms with E-state index in [1.54, 1.807) is 0 Å². The number of halogens is 2. The maximum absolute atomic E-state index is 12.5. The molecule has 0 saturated carbocycles. The summed E-state index contributed by atoms with van der Waals surface area (Å²) in [4.78, 5) is 15.0. The molecule has 0 aliphatic carbocycles. The Morgan fingerprint density at radius 1 is 1.00 bits per heavy atom. The van der Waals surface area contributed by atoms with E-state index in [9.17, 15) is 4.79 Å². The molecule has 0 spiro atoms. The third-order valence-corrected chi connectivity index (χ3v) is 5.94. The molecule has 2 aromatic rings. The van der Waals surface area contributed by atoms with Gasteiger partial charge in [0.05, 0.1) is 13.2 Å². The molecule has 170 valence electrons. The first-order valence-corrected chi connectivity index (χ1v) is 10.8. The zero-order chi connectivity index (χ0) is 19.9. The van der Waals surface area contributed by atoms with E-state index >= 15 is 0 Å². The van der Waals surface area contributed by atoms with Crippen molar-refractivity contribution >= 4 is 36.4 Å². The van der Waals surface area contributed by atoms with Crippen LogP contribution in [0.5, 0.6) is 0 Å². The lowest BCUT2D eigenvalue weighted by atomic mass is 9.98. The summed E-state index contributed by atoms with van der Waals surface area (Å²) in [6.07, 6.45) is 3.34. The minimum atomic E-state index is -0.0554. The first-order chi connectivity index (χ1) is 14.3. The Morgan fingerprint density at radius 3 is 2.32 bits per heavy atom. The lowest BCUT2D eigenvalue weighted by Crippen LogP contribution is -2.37. The van der Waals surface area contributed by atoms with Crippen LogP contribution in [0.2, 0.25) is 0 Å². The van der Waals surface area contributed by atoms with Crippen LogP contribution < -0.4 is 10.6 Å². The summed E-state index contributed by atoms with van der Waals surface area (Å²) >= 11 is 0. The van der Waals surface area contributed by atoms with Gasteiger partial charge in [-0.2, -0.15) is 0 Å². The van der Waals surface area contributed by atoms with Gasteiger partial charge in [0.1, 0.15) is 0 Å². The van der Waals surface area contributed by atoms with Crippen molar-refractivity contribution in [3.05, 3.63) is 65.2 Å². The minimum Gasteiger partial charge on any atom is -0.379 e. The van der Waals surface area contributed by atoms with Crippen LogP contribution in [0.15, 0.2) is 48.5 Å². The van der Waals surface area contributed by atoms with Crippen molar-refractivity contribution in [3.8, 4) is 0 Å². The Bertz CT molecular complexity index is 787. The molecule has 1 atom stereocenters. The van der Waals surface area contributed by atoms with Crippen LogP contribution in [-0.2, 0) is 17.6 Å². The normalized spacial score (nSPS) is 18.6. The van der Waals surface area contributed by atoms with Crippen molar-refractivity contribution in [3.63, 3.8) is 0 Å². The van der Waals surface area contributed by atoms with Crippen molar-refractivity contribution in [2.24, 2.45) is 5.92 Å². The van der Waals surface area contributed by atoms with E-state index in [4.69, 9.17) is 4.74 Å². The Labute approximate surface area is 197 Å². The Hall–Kier alpha value is -1.63. The predicted octanol–water partition coefficient (Wildman–Crippen LogP) is 3.81. The van der Waals surface area contributed by atoms with Crippen LogP contribution in [0, 0.1) is 5.92 Å². The van der Waals surface area contributed by atoms with E-state index in [-0.39, 0.29) is 30.7 Å². The third-order valence-electron chi connectivity index (χ3n) is 5.94. The van der Waals surface area contributed by atoms with Crippen molar-refractivity contribution in [2.75, 3.05) is 51.3 Å². The fourth-order valence-electron chi connectivity index (χ4n) is 4.08. The van der Waals surface area contributed by atoms with E-state index in [1.807, 2.05) is 24.3 Å². The largest absolute Gasteiger partial charge is 0.379 e. The van der Waals surface area contributed by atoms with Gasteiger partial charge in [-0.1, -0.05) is 24.3 Å². The lowest BCUT2D eigenvalue weighted by Gasteiger charge is -2.26. The molecule has 2 saturated heterocycles. The average Bonchev–Trinajstić information content (AvgIpc) is 3.27. The average molecular weight is 466 g/mol. The zero-order valence-corrected chi connectivity index (χ0v) is 19.5. The first-order valence-electron chi connectivity index (χ1n) is 10.8. The second-order valence-electron chi connectivity index (χ2n) is 8.11. The van der Waals surface area contributed by atoms with Crippen LogP contribution in [0.1, 0.15) is 27.9 Å². The van der Waals surface area contributed by atoms with Gasteiger partial charge in [-0.15, -0.1) is 24.8 Å². The number of amides is 1. The van der Waals surface area contributed by atoms with Gasteiger partial charge in [0.25, 0.3) is 5.91 Å². The molecule has 2 aliphatic heterocycles. The smallest absolute Gasteiger partial charge is 0.255 e. The molecule has 5 nitrogen and oxygen atoms in total. The molecule has 4 rings (SSSR count). The molecule has 2 aromatic carbocycles. The minimum absolute atomic E-state index is 0. The fraction of sp³-hybridized carbons (Fsp3) is 0.458. The Balaban J connectivity index is 0.00000171. The molecule has 2 heterocycles. The Kier molecular flexibility index (Phi) is 10.8. The van der Waals surface area contributed by atoms with Crippen LogP contribution in [0.4, 0.5) is 5.69 Å². The third kappa shape index (κ3) is 7.78. The van der Waals surface area contributed by atoms with Gasteiger partial charge in [0, 0.05) is 30.9 Å². The summed E-state index contributed by atoms with van der Waals surface area (Å²) in [5, 5.41) is 6.41. The van der Waals surface area contributed by atoms with Gasteiger partial charge in [0.2, 0.25) is 0 Å². The van der Waals surface area contributed by atoms with Crippen molar-refractivity contribution in [2.45, 2.75) is 19.3 Å². The number of nitrogens with zero attached hydrogens (tertiary/aromatic N) is 1. The van der Waals surface area contributed by atoms with Crippen LogP contribution in [0.25, 0.3) is 0 Å². The molecule has 1 amide bonds. The highest BCUT2D eigenvalue weighted by Crippen LogP contribution is 2.17. The number of benzene rings is 2. The summed E-state index contributed by atoms with van der Waals surface area (Å²) in [5.41, 5.74) is 4.14. The Morgan fingerprint density at radius 2 is 1.68 bits per heavy atom. The highest BCUT2D eigenvalue weighted by Gasteiger charge is 2.15. The number of carbonyl (C=O) groups excluding carboxylic acids is 1. The standard InChI is InChI=1S/C24H31N3O2.2ClH/c28-24(22-5-1-20(2-6-22)17-21-9-11-25-18-21)26-23-7-3-19(4-8-23)10-12-27-13-15-29-16-14-27;;/h1-8,21,25H,9-18H2,(H,26,28);2*1H. The van der Waals surface area contributed by atoms with Crippen molar-refractivity contribution in [1.29, 1.82) is 0 Å². The molecular formula is C24H33Cl2N3O2. The SMILES string of the molecule is Cl.Cl.O=C(Nc1ccc(CCN2CCOCC2)cc1)c1ccc(CC2CCNC2)cc1. The van der Waals surface area contributed by atoms with Gasteiger partial charge in [-0.25, -0.2) is 0 Å². The number of rotatable bonds is 7. The molecule has 1 unspecified atom stereocenters. The number of hydrogen-bond acceptors (Lipinski definition) is 4. The number of nitrogens with one attached hydrogen (secondary N) is 2. The first kappa shape index (κ1) is 25.6. The summed E-state index contributed by atoms with van der Waals surface area (Å²) in [6, 6.07) is 16.2. The molecular weight excluding hydrogens is 433 g/mol. The molecule has 2 aliphatic rings. The molecule has 2 fully saturated rings. The monoisotopic (exact) mass is 465 g/mol. The number of carbonyl (C=O) groups is 1. The highest BCUT2D eigenvalue weighted by atomic mass is 35.5. The maximum atomic E-state index is 12.5. The van der Waals surface area contributed by atoms with E-state index in [2.05, 4.69) is 39.8 Å². The van der Waals surface area contributed by atoms with E-state index in [0.717, 1.165) is 70.4 Å². The topological polar surface area (TPSA) is 53.6 Å². The van der Waals surface area contributed by atoms with Gasteiger partial charge >= 0.3 is 0 Å². The lowest BCUT2D eigenvalue weighted by molar-refractivity contribution is 0.0384. The molecule has 0 bridgehead atoms. The molecule has 31 heavy (non-hydrogen) atoms. The molecule has 0 radical (unpaired) electrons. The predicted molar refractivity (Wildman–Crippen MR) is 131 cm³/mol. The van der Waals surface area contributed by atoms with Gasteiger partial charge < -0.3 is 15.4 Å². The van der Waals surface area contributed by atoms with Crippen molar-refractivity contribution < 1.29 is 9.53 Å². The number of ether oxygens (including phenoxy) is 1. The van der Waals surface area contributed by atoms with Gasteiger partial charge in [-0.05, 0) is 73.7 Å². The van der Waals surface area contributed by atoms with Crippen molar-refractivity contribution in [1.82, 2.24) is 10.2 Å². The van der Waals surface area contributed by atoms with Crippen LogP contribution in [-0.4, -0.2) is 56.7 Å². The summed E-state index contributed by atoms with van der Waals surface area (Å²) < 4.78 is 5.39. The van der Waals surface area contributed by atoms with E-state index in [1.165, 1.54) is 17.5 Å². The number of hydrogen-bond donors (Lipinski definition) is 2. The number of anilines is 1. The van der Waals surface area contributed by atoms with E-state index < -0.39 is 0 Å². The highest BCUT2D eigenvalue weighted by molar-refractivity contribution is 6.04. The molecule has 7 heteroatoms. The summed E-state index contributed by atoms with van der Waals surface area (Å²) in [7, 11) is 0. The van der Waals surface area contributed by atoms with E-state index in [0.29, 0.717) is 5.56 Å². The zero-order valence-electron chi connectivity index (χ0n) is 17.8. The molecule has 0 aromatic heterocycles. The van der Waals surface area contributed by atoms with Gasteiger partial charge in [-0.3, -0.25) is 9.69 Å².